The van der Waals surface area contributed by atoms with Gasteiger partial charge in [-0.1, -0.05) is 30.3 Å². The predicted octanol–water partition coefficient (Wildman–Crippen LogP) is 5.16. The number of hydrogen-bond donors (Lipinski definition) is 2. The molecular weight excluding hydrogens is 544 g/mol. The van der Waals surface area contributed by atoms with Crippen molar-refractivity contribution in [2.75, 3.05) is 7.11 Å². The zero-order valence-electron chi connectivity index (χ0n) is 23.4. The molecule has 4 heterocycles. The molecule has 2 aromatic carbocycles. The number of amides is 1. The molecule has 10 nitrogen and oxygen atoms in total. The zero-order valence-corrected chi connectivity index (χ0v) is 23.4. The number of methoxy groups -OCH3 is 1. The minimum Gasteiger partial charge on any atom is -0.497 e. The Kier molecular flexibility index (Phi) is 7.90. The topological polar surface area (TPSA) is 124 Å². The van der Waals surface area contributed by atoms with Gasteiger partial charge in [0, 0.05) is 42.2 Å². The molecule has 2 N–H and O–H groups in total. The van der Waals surface area contributed by atoms with Crippen molar-refractivity contribution in [3.05, 3.63) is 131 Å². The molecule has 6 aromatic rings. The number of ether oxygens (including phenoxy) is 2. The fraction of sp³-hybridized carbons (Fsp3) is 0.121. The number of nitrogens with zero attached hydrogens (tertiary/aromatic N) is 4. The first-order valence-electron chi connectivity index (χ1n) is 13.7. The summed E-state index contributed by atoms with van der Waals surface area (Å²) >= 11 is 0. The number of hydrogen-bond acceptors (Lipinski definition) is 7. The lowest BCUT2D eigenvalue weighted by Gasteiger charge is -2.10. The van der Waals surface area contributed by atoms with Gasteiger partial charge in [-0.25, -0.2) is 0 Å². The van der Waals surface area contributed by atoms with E-state index in [2.05, 4.69) is 25.4 Å². The van der Waals surface area contributed by atoms with Gasteiger partial charge in [0.15, 0.2) is 0 Å². The van der Waals surface area contributed by atoms with Crippen molar-refractivity contribution < 1.29 is 14.3 Å². The summed E-state index contributed by atoms with van der Waals surface area (Å²) in [6.07, 6.45) is 7.14. The Bertz CT molecular complexity index is 1920. The lowest BCUT2D eigenvalue weighted by atomic mass is 10.1. The summed E-state index contributed by atoms with van der Waals surface area (Å²) in [5.41, 5.74) is 3.24. The maximum Gasteiger partial charge on any atom is 0.280 e. The third kappa shape index (κ3) is 6.13. The predicted molar refractivity (Wildman–Crippen MR) is 162 cm³/mol. The van der Waals surface area contributed by atoms with Crippen LogP contribution in [0.5, 0.6) is 17.2 Å². The number of aromatic nitrogens is 5. The van der Waals surface area contributed by atoms with Crippen LogP contribution in [0, 0.1) is 0 Å². The number of pyridine rings is 3. The summed E-state index contributed by atoms with van der Waals surface area (Å²) in [4.78, 5) is 39.7. The molecule has 10 heteroatoms. The second kappa shape index (κ2) is 12.4. The van der Waals surface area contributed by atoms with Crippen molar-refractivity contribution in [1.29, 1.82) is 0 Å². The molecule has 0 spiro atoms. The first-order valence-corrected chi connectivity index (χ1v) is 13.7. The molecule has 6 rings (SSSR count). The normalized spacial score (nSPS) is 10.9. The number of H-pyrrole nitrogens is 1. The van der Waals surface area contributed by atoms with Crippen molar-refractivity contribution in [2.24, 2.45) is 0 Å². The Hall–Kier alpha value is -5.77. The van der Waals surface area contributed by atoms with Crippen LogP contribution in [0.25, 0.3) is 22.2 Å². The van der Waals surface area contributed by atoms with E-state index in [9.17, 15) is 9.59 Å². The van der Waals surface area contributed by atoms with Crippen LogP contribution < -0.4 is 20.3 Å². The minimum atomic E-state index is -0.493. The van der Waals surface area contributed by atoms with Gasteiger partial charge in [0.1, 0.15) is 22.8 Å². The van der Waals surface area contributed by atoms with Gasteiger partial charge in [-0.15, -0.1) is 0 Å². The molecule has 0 saturated carbocycles. The first-order chi connectivity index (χ1) is 21.1. The molecule has 0 atom stereocenters. The van der Waals surface area contributed by atoms with E-state index < -0.39 is 5.91 Å². The van der Waals surface area contributed by atoms with Gasteiger partial charge in [-0.3, -0.25) is 34.3 Å². The van der Waals surface area contributed by atoms with Crippen LogP contribution in [0.1, 0.15) is 21.6 Å². The largest absolute Gasteiger partial charge is 0.497 e. The van der Waals surface area contributed by atoms with E-state index in [-0.39, 0.29) is 17.7 Å². The lowest BCUT2D eigenvalue weighted by molar-refractivity contribution is 0.0950. The molecule has 0 bridgehead atoms. The molecule has 4 aromatic heterocycles. The number of aryl methyl sites for hydroxylation is 2. The molecular formula is C33H28N6O4. The Balaban J connectivity index is 1.17. The average Bonchev–Trinajstić information content (AvgIpc) is 3.39. The molecule has 1 amide bonds. The van der Waals surface area contributed by atoms with Crippen molar-refractivity contribution in [3.63, 3.8) is 0 Å². The highest BCUT2D eigenvalue weighted by atomic mass is 16.5. The second-order valence-corrected chi connectivity index (χ2v) is 9.75. The maximum atomic E-state index is 13.4. The number of benzene rings is 2. The molecule has 0 aliphatic rings. The van der Waals surface area contributed by atoms with E-state index in [1.165, 1.54) is 4.68 Å². The lowest BCUT2D eigenvalue weighted by Crippen LogP contribution is -2.30. The highest BCUT2D eigenvalue weighted by Crippen LogP contribution is 2.30. The van der Waals surface area contributed by atoms with E-state index in [0.29, 0.717) is 47.2 Å². The number of nitrogens with one attached hydrogen (secondary N) is 2. The van der Waals surface area contributed by atoms with Crippen LogP contribution in [0.15, 0.2) is 108 Å². The first kappa shape index (κ1) is 27.4. The Labute approximate surface area is 247 Å². The molecule has 214 valence electrons. The summed E-state index contributed by atoms with van der Waals surface area (Å²) in [5, 5.41) is 6.82. The van der Waals surface area contributed by atoms with Crippen LogP contribution in [0.2, 0.25) is 0 Å². The van der Waals surface area contributed by atoms with Gasteiger partial charge in [-0.2, -0.15) is 0 Å². The third-order valence-electron chi connectivity index (χ3n) is 6.98. The van der Waals surface area contributed by atoms with Crippen molar-refractivity contribution in [3.8, 4) is 28.5 Å². The van der Waals surface area contributed by atoms with E-state index in [0.717, 1.165) is 16.5 Å². The SMILES string of the molecule is COc1ccc2c(Oc3ccc(CNC(=O)c4c(-c5ccncc5)[nH]n(CCc5ccccc5)c4=O)nc3)ccnc2c1. The number of rotatable bonds is 10. The van der Waals surface area contributed by atoms with Gasteiger partial charge in [0.2, 0.25) is 0 Å². The molecule has 0 saturated heterocycles. The Morgan fingerprint density at radius 3 is 2.51 bits per heavy atom. The molecule has 0 unspecified atom stereocenters. The van der Waals surface area contributed by atoms with Gasteiger partial charge in [0.05, 0.1) is 36.8 Å². The van der Waals surface area contributed by atoms with Crippen LogP contribution in [-0.2, 0) is 19.5 Å². The summed E-state index contributed by atoms with van der Waals surface area (Å²) in [6.45, 7) is 0.527. The molecule has 0 aliphatic carbocycles. The fourth-order valence-corrected chi connectivity index (χ4v) is 4.74. The Morgan fingerprint density at radius 1 is 0.930 bits per heavy atom. The van der Waals surface area contributed by atoms with Crippen LogP contribution >= 0.6 is 0 Å². The summed E-state index contributed by atoms with van der Waals surface area (Å²) in [7, 11) is 1.61. The second-order valence-electron chi connectivity index (χ2n) is 9.75. The van der Waals surface area contributed by atoms with Crippen molar-refractivity contribution >= 4 is 16.8 Å². The van der Waals surface area contributed by atoms with E-state index >= 15 is 0 Å². The smallest absolute Gasteiger partial charge is 0.280 e. The zero-order chi connectivity index (χ0) is 29.6. The van der Waals surface area contributed by atoms with Crippen LogP contribution in [-0.4, -0.2) is 37.7 Å². The molecule has 0 radical (unpaired) electrons. The van der Waals surface area contributed by atoms with Gasteiger partial charge in [-0.05, 0) is 54.4 Å². The standard InChI is InChI=1S/C33H28N6O4/c1-42-25-9-10-27-28(19-25)35-17-13-29(27)43-26-8-7-24(36-21-26)20-37-32(40)30-31(23-11-15-34-16-12-23)38-39(33(30)41)18-14-22-5-3-2-4-6-22/h2-13,15-17,19,21,38H,14,18,20H2,1H3,(H,37,40). The monoisotopic (exact) mass is 572 g/mol. The summed E-state index contributed by atoms with van der Waals surface area (Å²) in [6, 6.07) is 24.3. The maximum absolute atomic E-state index is 13.4. The average molecular weight is 573 g/mol. The fourth-order valence-electron chi connectivity index (χ4n) is 4.74. The van der Waals surface area contributed by atoms with Gasteiger partial charge in [0.25, 0.3) is 11.5 Å². The van der Waals surface area contributed by atoms with Crippen LogP contribution in [0.4, 0.5) is 0 Å². The van der Waals surface area contributed by atoms with Gasteiger partial charge >= 0.3 is 0 Å². The molecule has 0 fully saturated rings. The number of carbonyl (C=O) groups excluding carboxylic acids is 1. The third-order valence-corrected chi connectivity index (χ3v) is 6.98. The summed E-state index contributed by atoms with van der Waals surface area (Å²) in [5.74, 6) is 1.39. The van der Waals surface area contributed by atoms with Gasteiger partial charge < -0.3 is 14.8 Å². The number of fused-ring (bicyclic) bond motifs is 1. The van der Waals surface area contributed by atoms with E-state index in [1.807, 2.05) is 48.5 Å². The van der Waals surface area contributed by atoms with E-state index in [1.54, 1.807) is 62.2 Å². The van der Waals surface area contributed by atoms with E-state index in [4.69, 9.17) is 9.47 Å². The highest BCUT2D eigenvalue weighted by Gasteiger charge is 2.22. The number of aromatic amines is 1. The quantitative estimate of drug-likeness (QED) is 0.233. The Morgan fingerprint density at radius 2 is 1.74 bits per heavy atom. The minimum absolute atomic E-state index is 0.0420. The number of carbonyl (C=O) groups is 1. The van der Waals surface area contributed by atoms with Crippen molar-refractivity contribution in [2.45, 2.75) is 19.5 Å². The highest BCUT2D eigenvalue weighted by molar-refractivity contribution is 5.99. The molecule has 0 aliphatic heterocycles. The van der Waals surface area contributed by atoms with Crippen molar-refractivity contribution in [1.82, 2.24) is 30.0 Å². The van der Waals surface area contributed by atoms with Crippen LogP contribution in [0.3, 0.4) is 0 Å². The molecule has 43 heavy (non-hydrogen) atoms. The summed E-state index contributed by atoms with van der Waals surface area (Å²) < 4.78 is 12.8.